The lowest BCUT2D eigenvalue weighted by Gasteiger charge is -2.08. The van der Waals surface area contributed by atoms with Crippen molar-refractivity contribution in [3.8, 4) is 10.4 Å². The number of esters is 1. The number of carbonyl (C=O) groups excluding carboxylic acids is 2. The van der Waals surface area contributed by atoms with Gasteiger partial charge in [0, 0.05) is 29.6 Å². The van der Waals surface area contributed by atoms with Gasteiger partial charge in [0.2, 0.25) is 5.91 Å². The molecule has 0 bridgehead atoms. The SMILES string of the molecule is CCOC(=O)c1cc(-c2ccccc2)sc1NC(=O)CCn1ccc2ccccc21. The summed E-state index contributed by atoms with van der Waals surface area (Å²) in [7, 11) is 0. The van der Waals surface area contributed by atoms with Crippen LogP contribution < -0.4 is 5.32 Å². The monoisotopic (exact) mass is 418 g/mol. The number of hydrogen-bond acceptors (Lipinski definition) is 4. The van der Waals surface area contributed by atoms with Crippen LogP contribution in [0.4, 0.5) is 5.00 Å². The Morgan fingerprint density at radius 3 is 2.60 bits per heavy atom. The normalized spacial score (nSPS) is 10.8. The number of anilines is 1. The molecular formula is C24H22N2O3S. The highest BCUT2D eigenvalue weighted by molar-refractivity contribution is 7.20. The van der Waals surface area contributed by atoms with Crippen molar-refractivity contribution in [2.24, 2.45) is 0 Å². The number of aromatic nitrogens is 1. The van der Waals surface area contributed by atoms with Gasteiger partial charge in [0.15, 0.2) is 0 Å². The van der Waals surface area contributed by atoms with Crippen molar-refractivity contribution < 1.29 is 14.3 Å². The molecule has 0 fully saturated rings. The Balaban J connectivity index is 1.51. The number of benzene rings is 2. The van der Waals surface area contributed by atoms with E-state index in [4.69, 9.17) is 4.74 Å². The molecule has 0 saturated heterocycles. The van der Waals surface area contributed by atoms with Crippen LogP contribution in [0.15, 0.2) is 72.9 Å². The van der Waals surface area contributed by atoms with E-state index in [-0.39, 0.29) is 12.5 Å². The third-order valence-electron chi connectivity index (χ3n) is 4.80. The molecule has 2 aromatic heterocycles. The van der Waals surface area contributed by atoms with E-state index in [0.29, 0.717) is 23.5 Å². The molecule has 0 spiro atoms. The fraction of sp³-hybridized carbons (Fsp3) is 0.167. The van der Waals surface area contributed by atoms with E-state index >= 15 is 0 Å². The van der Waals surface area contributed by atoms with Gasteiger partial charge in [-0.2, -0.15) is 0 Å². The number of thiophene rings is 1. The lowest BCUT2D eigenvalue weighted by atomic mass is 10.1. The van der Waals surface area contributed by atoms with Crippen LogP contribution in [-0.4, -0.2) is 23.1 Å². The first-order valence-corrected chi connectivity index (χ1v) is 10.7. The summed E-state index contributed by atoms with van der Waals surface area (Å²) in [4.78, 5) is 26.0. The lowest BCUT2D eigenvalue weighted by molar-refractivity contribution is -0.116. The third-order valence-corrected chi connectivity index (χ3v) is 5.90. The van der Waals surface area contributed by atoms with E-state index in [1.54, 1.807) is 13.0 Å². The largest absolute Gasteiger partial charge is 0.462 e. The maximum atomic E-state index is 12.7. The quantitative estimate of drug-likeness (QED) is 0.399. The Bertz CT molecular complexity index is 1180. The van der Waals surface area contributed by atoms with Gasteiger partial charge in [-0.05, 0) is 36.1 Å². The number of para-hydroxylation sites is 1. The van der Waals surface area contributed by atoms with Crippen LogP contribution >= 0.6 is 11.3 Å². The molecule has 6 heteroatoms. The predicted octanol–water partition coefficient (Wildman–Crippen LogP) is 5.58. The van der Waals surface area contributed by atoms with Crippen molar-refractivity contribution in [2.75, 3.05) is 11.9 Å². The number of hydrogen-bond donors (Lipinski definition) is 1. The lowest BCUT2D eigenvalue weighted by Crippen LogP contribution is -2.15. The minimum absolute atomic E-state index is 0.139. The van der Waals surface area contributed by atoms with Gasteiger partial charge in [-0.25, -0.2) is 4.79 Å². The Morgan fingerprint density at radius 2 is 1.80 bits per heavy atom. The van der Waals surface area contributed by atoms with E-state index in [0.717, 1.165) is 21.3 Å². The molecule has 0 aliphatic rings. The van der Waals surface area contributed by atoms with E-state index in [1.165, 1.54) is 11.3 Å². The average Bonchev–Trinajstić information content (AvgIpc) is 3.37. The third kappa shape index (κ3) is 4.28. The average molecular weight is 419 g/mol. The van der Waals surface area contributed by atoms with Crippen molar-refractivity contribution in [2.45, 2.75) is 19.9 Å². The summed E-state index contributed by atoms with van der Waals surface area (Å²) in [5.41, 5.74) is 2.48. The van der Waals surface area contributed by atoms with Gasteiger partial charge in [-0.3, -0.25) is 4.79 Å². The molecule has 1 N–H and O–H groups in total. The summed E-state index contributed by atoms with van der Waals surface area (Å²) >= 11 is 1.38. The molecule has 0 radical (unpaired) electrons. The summed E-state index contributed by atoms with van der Waals surface area (Å²) < 4.78 is 7.24. The van der Waals surface area contributed by atoms with Crippen LogP contribution in [0.3, 0.4) is 0 Å². The number of carbonyl (C=O) groups is 2. The molecule has 1 amide bonds. The van der Waals surface area contributed by atoms with Crippen molar-refractivity contribution in [1.82, 2.24) is 4.57 Å². The maximum Gasteiger partial charge on any atom is 0.341 e. The molecule has 152 valence electrons. The van der Waals surface area contributed by atoms with Crippen LogP contribution in [-0.2, 0) is 16.1 Å². The molecule has 0 unspecified atom stereocenters. The molecule has 5 nitrogen and oxygen atoms in total. The number of amides is 1. The topological polar surface area (TPSA) is 60.3 Å². The molecule has 4 aromatic rings. The van der Waals surface area contributed by atoms with Gasteiger partial charge < -0.3 is 14.6 Å². The minimum atomic E-state index is -0.428. The van der Waals surface area contributed by atoms with Gasteiger partial charge in [0.25, 0.3) is 0 Å². The summed E-state index contributed by atoms with van der Waals surface area (Å²) in [5, 5.41) is 4.59. The fourth-order valence-corrected chi connectivity index (χ4v) is 4.40. The summed E-state index contributed by atoms with van der Waals surface area (Å²) in [5.74, 6) is -0.567. The Morgan fingerprint density at radius 1 is 1.03 bits per heavy atom. The first-order chi connectivity index (χ1) is 14.7. The molecule has 30 heavy (non-hydrogen) atoms. The Labute approximate surface area is 178 Å². The first kappa shape index (κ1) is 19.9. The van der Waals surface area contributed by atoms with Gasteiger partial charge in [-0.15, -0.1) is 11.3 Å². The number of ether oxygens (including phenoxy) is 1. The Kier molecular flexibility index (Phi) is 5.95. The highest BCUT2D eigenvalue weighted by Crippen LogP contribution is 2.36. The van der Waals surface area contributed by atoms with Crippen LogP contribution in [0, 0.1) is 0 Å². The second-order valence-corrected chi connectivity index (χ2v) is 7.86. The molecule has 0 atom stereocenters. The van der Waals surface area contributed by atoms with Crippen LogP contribution in [0.1, 0.15) is 23.7 Å². The summed E-state index contributed by atoms with van der Waals surface area (Å²) in [6, 6.07) is 21.7. The standard InChI is InChI=1S/C24H22N2O3S/c1-2-29-24(28)19-16-21(18-9-4-3-5-10-18)30-23(19)25-22(27)13-15-26-14-12-17-8-6-7-11-20(17)26/h3-12,14,16H,2,13,15H2,1H3,(H,25,27). The number of aryl methyl sites for hydroxylation is 1. The van der Waals surface area contributed by atoms with Crippen molar-refractivity contribution in [1.29, 1.82) is 0 Å². The smallest absolute Gasteiger partial charge is 0.341 e. The molecular weight excluding hydrogens is 396 g/mol. The predicted molar refractivity (Wildman–Crippen MR) is 121 cm³/mol. The van der Waals surface area contributed by atoms with E-state index in [2.05, 4.69) is 9.88 Å². The van der Waals surface area contributed by atoms with E-state index in [9.17, 15) is 9.59 Å². The van der Waals surface area contributed by atoms with Gasteiger partial charge >= 0.3 is 5.97 Å². The van der Waals surface area contributed by atoms with Gasteiger partial charge in [-0.1, -0.05) is 48.5 Å². The van der Waals surface area contributed by atoms with Crippen molar-refractivity contribution >= 4 is 39.1 Å². The van der Waals surface area contributed by atoms with E-state index in [1.807, 2.05) is 66.9 Å². The van der Waals surface area contributed by atoms with Crippen LogP contribution in [0.2, 0.25) is 0 Å². The van der Waals surface area contributed by atoms with Gasteiger partial charge in [0.1, 0.15) is 5.00 Å². The summed E-state index contributed by atoms with van der Waals surface area (Å²) in [6.45, 7) is 2.61. The zero-order valence-electron chi connectivity index (χ0n) is 16.6. The molecule has 0 saturated carbocycles. The van der Waals surface area contributed by atoms with Gasteiger partial charge in [0.05, 0.1) is 12.2 Å². The highest BCUT2D eigenvalue weighted by atomic mass is 32.1. The molecule has 0 aliphatic carbocycles. The fourth-order valence-electron chi connectivity index (χ4n) is 3.34. The molecule has 4 rings (SSSR count). The second kappa shape index (κ2) is 8.97. The van der Waals surface area contributed by atoms with E-state index < -0.39 is 5.97 Å². The van der Waals surface area contributed by atoms with Crippen LogP contribution in [0.5, 0.6) is 0 Å². The highest BCUT2D eigenvalue weighted by Gasteiger charge is 2.20. The zero-order valence-corrected chi connectivity index (χ0v) is 17.4. The number of nitrogens with zero attached hydrogens (tertiary/aromatic N) is 1. The van der Waals surface area contributed by atoms with Crippen molar-refractivity contribution in [3.63, 3.8) is 0 Å². The first-order valence-electron chi connectivity index (χ1n) is 9.86. The molecule has 2 aromatic carbocycles. The second-order valence-electron chi connectivity index (χ2n) is 6.81. The number of rotatable bonds is 7. The van der Waals surface area contributed by atoms with Crippen molar-refractivity contribution in [3.05, 3.63) is 78.5 Å². The molecule has 0 aliphatic heterocycles. The maximum absolute atomic E-state index is 12.7. The molecule has 2 heterocycles. The minimum Gasteiger partial charge on any atom is -0.462 e. The summed E-state index contributed by atoms with van der Waals surface area (Å²) in [6.07, 6.45) is 2.29. The number of nitrogens with one attached hydrogen (secondary N) is 1. The van der Waals surface area contributed by atoms with Crippen LogP contribution in [0.25, 0.3) is 21.3 Å². The Hall–Kier alpha value is -3.38. The number of fused-ring (bicyclic) bond motifs is 1. The zero-order chi connectivity index (χ0) is 20.9.